The maximum atomic E-state index is 12.6. The number of carboxylic acid groups (broad SMARTS) is 1. The highest BCUT2D eigenvalue weighted by Gasteiger charge is 2.38. The summed E-state index contributed by atoms with van der Waals surface area (Å²) in [4.78, 5) is 30.0. The maximum absolute atomic E-state index is 12.6. The Labute approximate surface area is 168 Å². The first-order chi connectivity index (χ1) is 13.7. The van der Waals surface area contributed by atoms with Crippen molar-refractivity contribution >= 4 is 23.7 Å². The molecule has 2 N–H and O–H groups in total. The van der Waals surface area contributed by atoms with Crippen molar-refractivity contribution in [1.82, 2.24) is 14.8 Å². The van der Waals surface area contributed by atoms with Crippen molar-refractivity contribution in [2.24, 2.45) is 5.92 Å². The van der Waals surface area contributed by atoms with Gasteiger partial charge in [0, 0.05) is 61.8 Å². The molecule has 2 aromatic heterocycles. The molecule has 0 aliphatic carbocycles. The van der Waals surface area contributed by atoms with E-state index < -0.39 is 0 Å². The number of ether oxygens (including phenoxy) is 1. The zero-order valence-electron chi connectivity index (χ0n) is 15.8. The molecule has 0 saturated carbocycles. The number of nitrogens with one attached hydrogen (secondary N) is 1. The van der Waals surface area contributed by atoms with Crippen LogP contribution < -0.4 is 0 Å². The van der Waals surface area contributed by atoms with Gasteiger partial charge in [0.1, 0.15) is 0 Å². The van der Waals surface area contributed by atoms with Gasteiger partial charge in [0.15, 0.2) is 0 Å². The van der Waals surface area contributed by atoms with Crippen molar-refractivity contribution < 1.29 is 19.4 Å². The minimum Gasteiger partial charge on any atom is -0.483 e. The van der Waals surface area contributed by atoms with E-state index in [-0.39, 0.29) is 18.5 Å². The van der Waals surface area contributed by atoms with Gasteiger partial charge in [-0.25, -0.2) is 0 Å². The van der Waals surface area contributed by atoms with E-state index in [1.54, 1.807) is 0 Å². The molecule has 0 spiro atoms. The van der Waals surface area contributed by atoms with Crippen molar-refractivity contribution in [3.05, 3.63) is 46.4 Å². The number of H-pyrrole nitrogens is 1. The van der Waals surface area contributed by atoms with E-state index in [1.807, 2.05) is 34.6 Å². The second-order valence-corrected chi connectivity index (χ2v) is 8.12. The highest BCUT2D eigenvalue weighted by Crippen LogP contribution is 2.25. The minimum absolute atomic E-state index is 0.197. The molecule has 7 nitrogen and oxygen atoms in total. The molecule has 4 rings (SSSR count). The Hall–Kier alpha value is -2.16. The number of fused-ring (bicyclic) bond motifs is 1. The van der Waals surface area contributed by atoms with Gasteiger partial charge in [-0.1, -0.05) is 6.07 Å². The molecule has 2 fully saturated rings. The number of carbonyl (C=O) groups is 2. The molecule has 28 heavy (non-hydrogen) atoms. The summed E-state index contributed by atoms with van der Waals surface area (Å²) in [5.41, 5.74) is 1.13. The van der Waals surface area contributed by atoms with Gasteiger partial charge >= 0.3 is 0 Å². The third-order valence-corrected chi connectivity index (χ3v) is 6.06. The summed E-state index contributed by atoms with van der Waals surface area (Å²) in [5, 5.41) is 9.02. The fourth-order valence-corrected chi connectivity index (χ4v) is 4.60. The Morgan fingerprint density at radius 2 is 2.18 bits per heavy atom. The molecule has 152 valence electrons. The maximum Gasteiger partial charge on any atom is 0.290 e. The summed E-state index contributed by atoms with van der Waals surface area (Å²) < 4.78 is 6.07. The zero-order chi connectivity index (χ0) is 19.8. The van der Waals surface area contributed by atoms with Crippen molar-refractivity contribution in [1.29, 1.82) is 0 Å². The second kappa shape index (κ2) is 10.4. The normalized spacial score (nSPS) is 22.1. The van der Waals surface area contributed by atoms with E-state index in [9.17, 15) is 4.79 Å². The second-order valence-electron chi connectivity index (χ2n) is 7.08. The van der Waals surface area contributed by atoms with E-state index >= 15 is 0 Å². The number of rotatable bonds is 5. The third-order valence-electron chi connectivity index (χ3n) is 5.20. The molecule has 0 unspecified atom stereocenters. The summed E-state index contributed by atoms with van der Waals surface area (Å²) in [6.45, 7) is 5.08. The Morgan fingerprint density at radius 1 is 1.32 bits per heavy atom. The predicted octanol–water partition coefficient (Wildman–Crippen LogP) is 2.07. The smallest absolute Gasteiger partial charge is 0.290 e. The van der Waals surface area contributed by atoms with Crippen molar-refractivity contribution in [3.63, 3.8) is 0 Å². The Kier molecular flexibility index (Phi) is 7.64. The molecule has 0 radical (unpaired) electrons. The molecule has 2 aromatic rings. The quantitative estimate of drug-likeness (QED) is 0.744. The number of hydrogen-bond donors (Lipinski definition) is 2. The Morgan fingerprint density at radius 3 is 2.89 bits per heavy atom. The van der Waals surface area contributed by atoms with Gasteiger partial charge in [-0.15, -0.1) is 11.3 Å². The van der Waals surface area contributed by atoms with Crippen LogP contribution in [0.15, 0.2) is 35.8 Å². The third kappa shape index (κ3) is 5.67. The highest BCUT2D eigenvalue weighted by molar-refractivity contribution is 7.09. The van der Waals surface area contributed by atoms with Crippen molar-refractivity contribution in [2.45, 2.75) is 25.5 Å². The number of carbonyl (C=O) groups excluding carboxylic acids is 1. The number of aromatic nitrogens is 1. The summed E-state index contributed by atoms with van der Waals surface area (Å²) in [5.74, 6) is 0.674. The van der Waals surface area contributed by atoms with Crippen LogP contribution in [0.1, 0.15) is 17.0 Å². The summed E-state index contributed by atoms with van der Waals surface area (Å²) in [6, 6.07) is 8.31. The minimum atomic E-state index is -0.250. The summed E-state index contributed by atoms with van der Waals surface area (Å²) in [7, 11) is 0. The first-order valence-corrected chi connectivity index (χ1v) is 10.4. The van der Waals surface area contributed by atoms with Crippen LogP contribution in [0.2, 0.25) is 0 Å². The molecule has 2 aliphatic rings. The molecule has 4 heterocycles. The fourth-order valence-electron chi connectivity index (χ4n) is 3.85. The van der Waals surface area contributed by atoms with Crippen LogP contribution in [0, 0.1) is 5.92 Å². The lowest BCUT2D eigenvalue weighted by molar-refractivity contribution is -0.130. The van der Waals surface area contributed by atoms with Gasteiger partial charge in [0.05, 0.1) is 12.7 Å². The lowest BCUT2D eigenvalue weighted by Gasteiger charge is -2.22. The van der Waals surface area contributed by atoms with Gasteiger partial charge in [-0.2, -0.15) is 0 Å². The molecular formula is C20H27N3O4S. The monoisotopic (exact) mass is 405 g/mol. The molecule has 0 aromatic carbocycles. The van der Waals surface area contributed by atoms with Crippen LogP contribution in [0.5, 0.6) is 0 Å². The number of thiophene rings is 1. The largest absolute Gasteiger partial charge is 0.483 e. The van der Waals surface area contributed by atoms with Gasteiger partial charge in [0.2, 0.25) is 5.91 Å². The van der Waals surface area contributed by atoms with E-state index in [2.05, 4.69) is 27.4 Å². The lowest BCUT2D eigenvalue weighted by atomic mass is 10.1. The molecule has 1 amide bonds. The number of hydrogen-bond acceptors (Lipinski definition) is 5. The van der Waals surface area contributed by atoms with Gasteiger partial charge < -0.3 is 19.7 Å². The topological polar surface area (TPSA) is 85.9 Å². The van der Waals surface area contributed by atoms with E-state index in [1.165, 1.54) is 4.88 Å². The van der Waals surface area contributed by atoms with Crippen LogP contribution in [0.4, 0.5) is 0 Å². The van der Waals surface area contributed by atoms with Crippen LogP contribution in [-0.2, 0) is 27.3 Å². The highest BCUT2D eigenvalue weighted by atomic mass is 32.1. The summed E-state index contributed by atoms with van der Waals surface area (Å²) in [6.07, 6.45) is 3.45. The molecular weight excluding hydrogens is 378 g/mol. The van der Waals surface area contributed by atoms with E-state index in [0.717, 1.165) is 51.4 Å². The summed E-state index contributed by atoms with van der Waals surface area (Å²) >= 11 is 1.81. The fraction of sp³-hybridized carbons (Fsp3) is 0.500. The van der Waals surface area contributed by atoms with Crippen LogP contribution in [0.25, 0.3) is 0 Å². The number of likely N-dealkylation sites (tertiary alicyclic amines) is 1. The first-order valence-electron chi connectivity index (χ1n) is 9.54. The first kappa shape index (κ1) is 20.6. The van der Waals surface area contributed by atoms with E-state index in [0.29, 0.717) is 12.3 Å². The van der Waals surface area contributed by atoms with Gasteiger partial charge in [-0.05, 0) is 30.0 Å². The number of nitrogens with zero attached hydrogens (tertiary/aromatic N) is 2. The SMILES string of the molecule is O=C(CCc1ccc[nH]1)N1C[C@@H]2CN(Cc3cccs3)CCO[C@@H]2C1.O=CO. The molecule has 8 heteroatoms. The van der Waals surface area contributed by atoms with Crippen LogP contribution >= 0.6 is 11.3 Å². The standard InChI is InChI=1S/C19H25N3O2S.CH2O2/c23-19(6-5-16-3-1-7-20-16)22-12-15-11-21(8-9-24-18(15)14-22)13-17-4-2-10-25-17;2-1-3/h1-4,7,10,15,18,20H,5-6,8-9,11-14H2;1H,(H,2,3)/t15-,18+;/m0./s1. The lowest BCUT2D eigenvalue weighted by Crippen LogP contribution is -2.33. The Balaban J connectivity index is 0.000000706. The van der Waals surface area contributed by atoms with Crippen molar-refractivity contribution in [3.8, 4) is 0 Å². The average Bonchev–Trinajstić information content (AvgIpc) is 3.42. The molecule has 2 atom stereocenters. The van der Waals surface area contributed by atoms with Gasteiger partial charge in [-0.3, -0.25) is 14.5 Å². The van der Waals surface area contributed by atoms with E-state index in [4.69, 9.17) is 14.6 Å². The molecule has 0 bridgehead atoms. The predicted molar refractivity (Wildman–Crippen MR) is 107 cm³/mol. The van der Waals surface area contributed by atoms with Crippen LogP contribution in [-0.4, -0.2) is 71.2 Å². The van der Waals surface area contributed by atoms with Crippen molar-refractivity contribution in [2.75, 3.05) is 32.8 Å². The number of aromatic amines is 1. The molecule has 2 aliphatic heterocycles. The van der Waals surface area contributed by atoms with Gasteiger partial charge in [0.25, 0.3) is 6.47 Å². The number of amides is 1. The Bertz CT molecular complexity index is 720. The van der Waals surface area contributed by atoms with Crippen LogP contribution in [0.3, 0.4) is 0 Å². The average molecular weight is 406 g/mol. The zero-order valence-corrected chi connectivity index (χ0v) is 16.6. The molecule has 2 saturated heterocycles. The number of aryl methyl sites for hydroxylation is 1.